The van der Waals surface area contributed by atoms with Crippen molar-refractivity contribution in [2.45, 2.75) is 0 Å². The predicted octanol–water partition coefficient (Wildman–Crippen LogP) is 4.40. The fraction of sp³-hybridized carbons (Fsp3) is 0. The molecule has 2 rings (SSSR count). The topological polar surface area (TPSA) is 24.7 Å². The van der Waals surface area contributed by atoms with Crippen LogP contribution in [0.1, 0.15) is 11.1 Å². The van der Waals surface area contributed by atoms with Gasteiger partial charge in [0, 0.05) is 21.9 Å². The normalized spacial score (nSPS) is 13.1. The van der Waals surface area contributed by atoms with Gasteiger partial charge in [0.15, 0.2) is 10.3 Å². The third-order valence-electron chi connectivity index (χ3n) is 1.74. The Morgan fingerprint density at radius 2 is 1.31 bits per heavy atom. The summed E-state index contributed by atoms with van der Waals surface area (Å²) < 4.78 is 0. The second kappa shape index (κ2) is 5.59. The Morgan fingerprint density at radius 3 is 1.62 bits per heavy atom. The molecule has 0 aliphatic rings. The van der Waals surface area contributed by atoms with Crippen molar-refractivity contribution in [1.29, 1.82) is 0 Å². The summed E-state index contributed by atoms with van der Waals surface area (Å²) in [7, 11) is 0. The zero-order chi connectivity index (χ0) is 11.4. The molecule has 2 aromatic heterocycles. The maximum absolute atomic E-state index is 5.95. The van der Waals surface area contributed by atoms with Crippen LogP contribution in [0.4, 0.5) is 0 Å². The molecule has 82 valence electrons. The lowest BCUT2D eigenvalue weighted by Crippen LogP contribution is -1.89. The molecule has 16 heavy (non-hydrogen) atoms. The number of thiophene rings is 2. The van der Waals surface area contributed by atoms with Crippen molar-refractivity contribution < 1.29 is 0 Å². The second-order valence-corrected chi connectivity index (χ2v) is 5.08. The van der Waals surface area contributed by atoms with Gasteiger partial charge in [-0.3, -0.25) is 0 Å². The van der Waals surface area contributed by atoms with Crippen LogP contribution >= 0.6 is 45.9 Å². The van der Waals surface area contributed by atoms with E-state index in [2.05, 4.69) is 10.2 Å². The Morgan fingerprint density at radius 1 is 0.875 bits per heavy atom. The lowest BCUT2D eigenvalue weighted by molar-refractivity contribution is 1.26. The van der Waals surface area contributed by atoms with Crippen LogP contribution in [0.25, 0.3) is 0 Å². The van der Waals surface area contributed by atoms with E-state index in [4.69, 9.17) is 23.2 Å². The third-order valence-corrected chi connectivity index (χ3v) is 3.70. The van der Waals surface area contributed by atoms with E-state index in [1.165, 1.54) is 0 Å². The van der Waals surface area contributed by atoms with Crippen LogP contribution in [0.5, 0.6) is 0 Å². The van der Waals surface area contributed by atoms with Gasteiger partial charge in [0.1, 0.15) is 0 Å². The Hall–Kier alpha value is -0.680. The molecule has 0 aromatic carbocycles. The minimum Gasteiger partial charge on any atom is -0.152 e. The first kappa shape index (κ1) is 11.8. The molecule has 0 fully saturated rings. The minimum absolute atomic E-state index is 0.342. The quantitative estimate of drug-likeness (QED) is 0.591. The highest BCUT2D eigenvalue weighted by atomic mass is 35.5. The standard InChI is InChI=1S/C10H6Cl2N2S2/c11-9(7-1-3-15-5-7)13-14-10(12)8-2-4-16-6-8/h1-6H. The number of nitrogens with zero attached hydrogens (tertiary/aromatic N) is 2. The average Bonchev–Trinajstić information content (AvgIpc) is 2.95. The van der Waals surface area contributed by atoms with Crippen LogP contribution in [-0.4, -0.2) is 10.3 Å². The van der Waals surface area contributed by atoms with Crippen LogP contribution in [-0.2, 0) is 0 Å². The molecule has 0 aliphatic heterocycles. The Balaban J connectivity index is 2.17. The summed E-state index contributed by atoms with van der Waals surface area (Å²) in [5.41, 5.74) is 1.70. The van der Waals surface area contributed by atoms with Crippen molar-refractivity contribution in [3.8, 4) is 0 Å². The summed E-state index contributed by atoms with van der Waals surface area (Å²) in [4.78, 5) is 0. The van der Waals surface area contributed by atoms with Crippen molar-refractivity contribution in [1.82, 2.24) is 0 Å². The van der Waals surface area contributed by atoms with Crippen molar-refractivity contribution >= 4 is 56.2 Å². The van der Waals surface area contributed by atoms with Crippen LogP contribution in [0, 0.1) is 0 Å². The highest BCUT2D eigenvalue weighted by Crippen LogP contribution is 2.13. The van der Waals surface area contributed by atoms with Gasteiger partial charge in [-0.25, -0.2) is 0 Å². The van der Waals surface area contributed by atoms with E-state index in [1.54, 1.807) is 22.7 Å². The Kier molecular flexibility index (Phi) is 4.12. The fourth-order valence-corrected chi connectivity index (χ4v) is 2.69. The van der Waals surface area contributed by atoms with Crippen molar-refractivity contribution in [2.24, 2.45) is 10.2 Å². The first-order chi connectivity index (χ1) is 7.77. The maximum atomic E-state index is 5.95. The molecule has 0 saturated carbocycles. The van der Waals surface area contributed by atoms with Gasteiger partial charge in [-0.05, 0) is 22.9 Å². The van der Waals surface area contributed by atoms with Gasteiger partial charge in [0.05, 0.1) is 0 Å². The summed E-state index contributed by atoms with van der Waals surface area (Å²) >= 11 is 15.0. The lowest BCUT2D eigenvalue weighted by atomic mass is 10.4. The number of hydrogen-bond acceptors (Lipinski definition) is 4. The highest BCUT2D eigenvalue weighted by molar-refractivity contribution is 7.08. The van der Waals surface area contributed by atoms with Crippen molar-refractivity contribution in [3.05, 3.63) is 44.8 Å². The monoisotopic (exact) mass is 288 g/mol. The van der Waals surface area contributed by atoms with Crippen LogP contribution in [0.2, 0.25) is 0 Å². The molecule has 6 heteroatoms. The molecule has 0 atom stereocenters. The van der Waals surface area contributed by atoms with Gasteiger partial charge in [-0.2, -0.15) is 22.7 Å². The largest absolute Gasteiger partial charge is 0.159 e. The predicted molar refractivity (Wildman–Crippen MR) is 73.4 cm³/mol. The number of halogens is 2. The molecule has 0 saturated heterocycles. The zero-order valence-corrected chi connectivity index (χ0v) is 11.1. The first-order valence-corrected chi connectivity index (χ1v) is 6.93. The summed E-state index contributed by atoms with van der Waals surface area (Å²) in [6.07, 6.45) is 0. The summed E-state index contributed by atoms with van der Waals surface area (Å²) in [5.74, 6) is 0. The Bertz CT molecular complexity index is 453. The van der Waals surface area contributed by atoms with Crippen molar-refractivity contribution in [3.63, 3.8) is 0 Å². The average molecular weight is 289 g/mol. The summed E-state index contributed by atoms with van der Waals surface area (Å²) in [5, 5.41) is 16.1. The number of hydrogen-bond donors (Lipinski definition) is 0. The third kappa shape index (κ3) is 2.92. The molecular weight excluding hydrogens is 283 g/mol. The summed E-state index contributed by atoms with van der Waals surface area (Å²) in [6, 6.07) is 3.76. The van der Waals surface area contributed by atoms with Crippen LogP contribution < -0.4 is 0 Å². The number of rotatable bonds is 3. The van der Waals surface area contributed by atoms with Crippen molar-refractivity contribution in [2.75, 3.05) is 0 Å². The summed E-state index contributed by atoms with van der Waals surface area (Å²) in [6.45, 7) is 0. The van der Waals surface area contributed by atoms with Crippen LogP contribution in [0.15, 0.2) is 43.9 Å². The van der Waals surface area contributed by atoms with Gasteiger partial charge in [-0.15, -0.1) is 10.2 Å². The minimum atomic E-state index is 0.342. The molecule has 0 bridgehead atoms. The first-order valence-electron chi connectivity index (χ1n) is 4.29. The Labute approximate surface area is 111 Å². The molecule has 0 radical (unpaired) electrons. The van der Waals surface area contributed by atoms with E-state index in [0.717, 1.165) is 11.1 Å². The zero-order valence-electron chi connectivity index (χ0n) is 7.93. The van der Waals surface area contributed by atoms with E-state index in [9.17, 15) is 0 Å². The van der Waals surface area contributed by atoms with Gasteiger partial charge in [0.25, 0.3) is 0 Å². The van der Waals surface area contributed by atoms with E-state index in [0.29, 0.717) is 10.3 Å². The molecule has 2 heterocycles. The molecule has 2 nitrogen and oxygen atoms in total. The van der Waals surface area contributed by atoms with Gasteiger partial charge in [-0.1, -0.05) is 23.2 Å². The van der Waals surface area contributed by atoms with E-state index >= 15 is 0 Å². The smallest absolute Gasteiger partial charge is 0.152 e. The highest BCUT2D eigenvalue weighted by Gasteiger charge is 2.01. The molecule has 0 N–H and O–H groups in total. The molecule has 0 unspecified atom stereocenters. The van der Waals surface area contributed by atoms with Gasteiger partial charge in [0.2, 0.25) is 0 Å². The second-order valence-electron chi connectivity index (χ2n) is 2.81. The molecular formula is C10H6Cl2N2S2. The van der Waals surface area contributed by atoms with Gasteiger partial charge < -0.3 is 0 Å². The molecule has 0 aliphatic carbocycles. The fourth-order valence-electron chi connectivity index (χ4n) is 0.967. The maximum Gasteiger partial charge on any atom is 0.159 e. The van der Waals surface area contributed by atoms with Crippen LogP contribution in [0.3, 0.4) is 0 Å². The van der Waals surface area contributed by atoms with E-state index in [1.807, 2.05) is 33.7 Å². The SMILES string of the molecule is ClC(=NN=C(Cl)c1ccsc1)c1ccsc1. The molecule has 0 spiro atoms. The van der Waals surface area contributed by atoms with E-state index < -0.39 is 0 Å². The lowest BCUT2D eigenvalue weighted by Gasteiger charge is -1.91. The molecule has 2 aromatic rings. The van der Waals surface area contributed by atoms with Gasteiger partial charge >= 0.3 is 0 Å². The molecule has 0 amide bonds. The van der Waals surface area contributed by atoms with E-state index in [-0.39, 0.29) is 0 Å².